The van der Waals surface area contributed by atoms with Crippen LogP contribution in [0, 0.1) is 0 Å². The van der Waals surface area contributed by atoms with Crippen molar-refractivity contribution in [2.75, 3.05) is 20.8 Å². The Balaban J connectivity index is 1.47. The quantitative estimate of drug-likeness (QED) is 0.559. The molecular formula is C25H26N2O4. The highest BCUT2D eigenvalue weighted by Gasteiger charge is 2.32. The number of likely N-dealkylation sites (tertiary alicyclic amines) is 1. The Hall–Kier alpha value is -3.54. The third-order valence-corrected chi connectivity index (χ3v) is 5.54. The maximum atomic E-state index is 13.3. The molecule has 31 heavy (non-hydrogen) atoms. The van der Waals surface area contributed by atoms with Gasteiger partial charge in [-0.15, -0.1) is 0 Å². The lowest BCUT2D eigenvalue weighted by Crippen LogP contribution is -2.30. The molecule has 6 nitrogen and oxygen atoms in total. The number of nitrogens with zero attached hydrogens (tertiary/aromatic N) is 2. The van der Waals surface area contributed by atoms with E-state index in [1.807, 2.05) is 59.5 Å². The Bertz CT molecular complexity index is 1020. The van der Waals surface area contributed by atoms with Crippen molar-refractivity contribution in [1.82, 2.24) is 9.88 Å². The molecule has 1 unspecified atom stereocenters. The predicted octanol–water partition coefficient (Wildman–Crippen LogP) is 4.66. The maximum absolute atomic E-state index is 13.3. The average molecular weight is 418 g/mol. The van der Waals surface area contributed by atoms with Crippen LogP contribution in [0.25, 0.3) is 0 Å². The molecule has 160 valence electrons. The van der Waals surface area contributed by atoms with Gasteiger partial charge in [0.25, 0.3) is 5.91 Å². The highest BCUT2D eigenvalue weighted by atomic mass is 16.5. The number of hydrogen-bond donors (Lipinski definition) is 0. The molecule has 6 heteroatoms. The van der Waals surface area contributed by atoms with Crippen molar-refractivity contribution in [3.8, 4) is 17.2 Å². The summed E-state index contributed by atoms with van der Waals surface area (Å²) >= 11 is 0. The molecule has 0 saturated carbocycles. The summed E-state index contributed by atoms with van der Waals surface area (Å²) < 4.78 is 16.7. The van der Waals surface area contributed by atoms with E-state index in [0.29, 0.717) is 12.2 Å². The Morgan fingerprint density at radius 1 is 1.06 bits per heavy atom. The zero-order chi connectivity index (χ0) is 21.6. The minimum Gasteiger partial charge on any atom is -0.497 e. The second-order valence-corrected chi connectivity index (χ2v) is 7.44. The van der Waals surface area contributed by atoms with Crippen LogP contribution >= 0.6 is 0 Å². The number of hydrogen-bond acceptors (Lipinski definition) is 5. The Kier molecular flexibility index (Phi) is 6.36. The van der Waals surface area contributed by atoms with Gasteiger partial charge in [-0.1, -0.05) is 6.07 Å². The van der Waals surface area contributed by atoms with Crippen molar-refractivity contribution in [2.24, 2.45) is 0 Å². The second kappa shape index (κ2) is 9.51. The van der Waals surface area contributed by atoms with Gasteiger partial charge in [-0.2, -0.15) is 0 Å². The molecule has 0 N–H and O–H groups in total. The summed E-state index contributed by atoms with van der Waals surface area (Å²) in [6.07, 6.45) is 5.37. The van der Waals surface area contributed by atoms with Gasteiger partial charge in [-0.3, -0.25) is 9.78 Å². The lowest BCUT2D eigenvalue weighted by Gasteiger charge is -2.26. The monoisotopic (exact) mass is 418 g/mol. The van der Waals surface area contributed by atoms with Gasteiger partial charge in [0.2, 0.25) is 0 Å². The number of amides is 1. The van der Waals surface area contributed by atoms with Crippen LogP contribution in [0.4, 0.5) is 0 Å². The molecule has 3 aromatic rings. The number of ether oxygens (including phenoxy) is 3. The Labute approximate surface area is 182 Å². The molecule has 1 aliphatic rings. The molecule has 1 aromatic heterocycles. The van der Waals surface area contributed by atoms with Crippen molar-refractivity contribution < 1.29 is 19.0 Å². The third-order valence-electron chi connectivity index (χ3n) is 5.54. The normalized spacial score (nSPS) is 15.5. The maximum Gasteiger partial charge on any atom is 0.254 e. The number of aromatic nitrogens is 1. The minimum atomic E-state index is -0.0186. The van der Waals surface area contributed by atoms with E-state index in [1.165, 1.54) is 0 Å². The van der Waals surface area contributed by atoms with E-state index >= 15 is 0 Å². The number of pyridine rings is 1. The molecule has 1 amide bonds. The first-order valence-electron chi connectivity index (χ1n) is 10.3. The van der Waals surface area contributed by atoms with E-state index in [1.54, 1.807) is 26.6 Å². The third kappa shape index (κ3) is 4.63. The fraction of sp³-hybridized carbons (Fsp3) is 0.280. The summed E-state index contributed by atoms with van der Waals surface area (Å²) in [5, 5.41) is 0. The molecule has 1 atom stereocenters. The SMILES string of the molecule is COc1ccc(C2CCCN2C(=O)c2ccc(OCc3cccnc3)cc2)c(OC)c1. The molecule has 2 heterocycles. The number of carbonyl (C=O) groups excluding carboxylic acids is 1. The number of rotatable bonds is 7. The van der Waals surface area contributed by atoms with Gasteiger partial charge in [-0.25, -0.2) is 0 Å². The van der Waals surface area contributed by atoms with E-state index in [-0.39, 0.29) is 11.9 Å². The smallest absolute Gasteiger partial charge is 0.254 e. The predicted molar refractivity (Wildman–Crippen MR) is 118 cm³/mol. The van der Waals surface area contributed by atoms with Crippen molar-refractivity contribution in [2.45, 2.75) is 25.5 Å². The van der Waals surface area contributed by atoms with Crippen LogP contribution in [-0.2, 0) is 6.61 Å². The lowest BCUT2D eigenvalue weighted by molar-refractivity contribution is 0.0734. The van der Waals surface area contributed by atoms with Crippen molar-refractivity contribution in [3.63, 3.8) is 0 Å². The number of carbonyl (C=O) groups is 1. The molecule has 0 aliphatic carbocycles. The zero-order valence-electron chi connectivity index (χ0n) is 17.8. The fourth-order valence-electron chi connectivity index (χ4n) is 3.94. The highest BCUT2D eigenvalue weighted by molar-refractivity contribution is 5.94. The summed E-state index contributed by atoms with van der Waals surface area (Å²) in [6.45, 7) is 1.16. The van der Waals surface area contributed by atoms with Gasteiger partial charge in [0.15, 0.2) is 0 Å². The average Bonchev–Trinajstić information content (AvgIpc) is 3.32. The van der Waals surface area contributed by atoms with Gasteiger partial charge in [-0.05, 0) is 55.3 Å². The first kappa shape index (κ1) is 20.7. The molecule has 2 aromatic carbocycles. The van der Waals surface area contributed by atoms with E-state index in [9.17, 15) is 4.79 Å². The molecule has 1 saturated heterocycles. The summed E-state index contributed by atoms with van der Waals surface area (Å²) in [5.74, 6) is 2.20. The molecule has 0 spiro atoms. The molecular weight excluding hydrogens is 392 g/mol. The van der Waals surface area contributed by atoms with Crippen LogP contribution in [0.1, 0.15) is 40.4 Å². The minimum absolute atomic E-state index is 0.0131. The standard InChI is InChI=1S/C25H26N2O4/c1-29-21-11-12-22(24(15-21)30-2)23-6-4-14-27(23)25(28)19-7-9-20(10-8-19)31-17-18-5-3-13-26-16-18/h3,5,7-13,15-16,23H,4,6,14,17H2,1-2H3. The van der Waals surface area contributed by atoms with E-state index in [0.717, 1.165) is 47.8 Å². The van der Waals surface area contributed by atoms with Crippen LogP contribution in [-0.4, -0.2) is 36.6 Å². The molecule has 1 aliphatic heterocycles. The van der Waals surface area contributed by atoms with Crippen LogP contribution in [0.2, 0.25) is 0 Å². The van der Waals surface area contributed by atoms with Crippen LogP contribution in [0.3, 0.4) is 0 Å². The van der Waals surface area contributed by atoms with Gasteiger partial charge >= 0.3 is 0 Å². The Morgan fingerprint density at radius 3 is 2.58 bits per heavy atom. The van der Waals surface area contributed by atoms with Crippen LogP contribution in [0.15, 0.2) is 67.0 Å². The van der Waals surface area contributed by atoms with E-state index in [4.69, 9.17) is 14.2 Å². The Morgan fingerprint density at radius 2 is 1.87 bits per heavy atom. The molecule has 1 fully saturated rings. The van der Waals surface area contributed by atoms with Crippen molar-refractivity contribution >= 4 is 5.91 Å². The molecule has 4 rings (SSSR count). The fourth-order valence-corrected chi connectivity index (χ4v) is 3.94. The largest absolute Gasteiger partial charge is 0.497 e. The first-order chi connectivity index (χ1) is 15.2. The summed E-state index contributed by atoms with van der Waals surface area (Å²) in [4.78, 5) is 19.3. The second-order valence-electron chi connectivity index (χ2n) is 7.44. The van der Waals surface area contributed by atoms with Crippen molar-refractivity contribution in [1.29, 1.82) is 0 Å². The van der Waals surface area contributed by atoms with E-state index in [2.05, 4.69) is 4.98 Å². The number of methoxy groups -OCH3 is 2. The van der Waals surface area contributed by atoms with Gasteiger partial charge in [0.1, 0.15) is 23.9 Å². The zero-order valence-corrected chi connectivity index (χ0v) is 17.8. The van der Waals surface area contributed by atoms with Gasteiger partial charge < -0.3 is 19.1 Å². The lowest BCUT2D eigenvalue weighted by atomic mass is 10.0. The summed E-state index contributed by atoms with van der Waals surface area (Å²) in [5.41, 5.74) is 2.65. The summed E-state index contributed by atoms with van der Waals surface area (Å²) in [6, 6.07) is 16.9. The molecule has 0 radical (unpaired) electrons. The van der Waals surface area contributed by atoms with Crippen LogP contribution < -0.4 is 14.2 Å². The van der Waals surface area contributed by atoms with E-state index < -0.39 is 0 Å². The van der Waals surface area contributed by atoms with Crippen molar-refractivity contribution in [3.05, 3.63) is 83.7 Å². The van der Waals surface area contributed by atoms with Gasteiger partial charge in [0, 0.05) is 41.7 Å². The first-order valence-corrected chi connectivity index (χ1v) is 10.3. The molecule has 0 bridgehead atoms. The summed E-state index contributed by atoms with van der Waals surface area (Å²) in [7, 11) is 3.27. The topological polar surface area (TPSA) is 60.9 Å². The van der Waals surface area contributed by atoms with Gasteiger partial charge in [0.05, 0.1) is 20.3 Å². The number of benzene rings is 2. The van der Waals surface area contributed by atoms with Crippen LogP contribution in [0.5, 0.6) is 17.2 Å². The highest BCUT2D eigenvalue weighted by Crippen LogP contribution is 2.39.